The van der Waals surface area contributed by atoms with Gasteiger partial charge in [0, 0.05) is 10.9 Å². The number of aromatic nitrogens is 1. The minimum Gasteiger partial charge on any atom is -0.301 e. The van der Waals surface area contributed by atoms with Crippen LogP contribution in [0.3, 0.4) is 0 Å². The van der Waals surface area contributed by atoms with Crippen LogP contribution in [-0.2, 0) is 14.8 Å². The summed E-state index contributed by atoms with van der Waals surface area (Å²) in [6.07, 6.45) is 0. The third-order valence-electron chi connectivity index (χ3n) is 3.50. The second-order valence-corrected chi connectivity index (χ2v) is 8.76. The molecule has 1 N–H and O–H groups in total. The highest BCUT2D eigenvalue weighted by Gasteiger charge is 2.29. The monoisotopic (exact) mass is 367 g/mol. The maximum atomic E-state index is 12.8. The molecule has 0 aliphatic heterocycles. The summed E-state index contributed by atoms with van der Waals surface area (Å²) in [5, 5.41) is 3.16. The van der Waals surface area contributed by atoms with E-state index in [1.807, 2.05) is 13.8 Å². The van der Waals surface area contributed by atoms with Gasteiger partial charge in [-0.05, 0) is 39.8 Å². The lowest BCUT2D eigenvalue weighted by Gasteiger charge is -2.25. The first-order valence-electron chi connectivity index (χ1n) is 7.52. The van der Waals surface area contributed by atoms with E-state index in [9.17, 15) is 13.2 Å². The largest absolute Gasteiger partial charge is 0.301 e. The Balaban J connectivity index is 2.18. The second kappa shape index (κ2) is 7.42. The van der Waals surface area contributed by atoms with Gasteiger partial charge in [-0.2, -0.15) is 4.31 Å². The van der Waals surface area contributed by atoms with Crippen molar-refractivity contribution in [1.29, 1.82) is 0 Å². The van der Waals surface area contributed by atoms with Crippen LogP contribution >= 0.6 is 11.3 Å². The van der Waals surface area contributed by atoms with Gasteiger partial charge in [-0.25, -0.2) is 13.4 Å². The lowest BCUT2D eigenvalue weighted by molar-refractivity contribution is -0.116. The van der Waals surface area contributed by atoms with E-state index in [-0.39, 0.29) is 17.5 Å². The molecule has 0 saturated heterocycles. The molecule has 0 bridgehead atoms. The van der Waals surface area contributed by atoms with E-state index in [0.29, 0.717) is 5.13 Å². The van der Waals surface area contributed by atoms with Gasteiger partial charge in [-0.15, -0.1) is 11.3 Å². The average Bonchev–Trinajstić information content (AvgIpc) is 2.83. The van der Waals surface area contributed by atoms with E-state index in [4.69, 9.17) is 0 Å². The SMILES string of the molecule is Cc1nc(NC(=O)CN(C(C)C)S(=O)(=O)c2ccccc2)sc1C. The van der Waals surface area contributed by atoms with Crippen LogP contribution in [0.1, 0.15) is 24.4 Å². The predicted octanol–water partition coefficient (Wildman–Crippen LogP) is 2.80. The number of thiazole rings is 1. The number of aryl methyl sites for hydroxylation is 2. The van der Waals surface area contributed by atoms with Gasteiger partial charge in [0.2, 0.25) is 15.9 Å². The van der Waals surface area contributed by atoms with Crippen molar-refractivity contribution in [2.45, 2.75) is 38.6 Å². The summed E-state index contributed by atoms with van der Waals surface area (Å²) in [4.78, 5) is 17.7. The molecular weight excluding hydrogens is 346 g/mol. The molecule has 0 radical (unpaired) electrons. The smallest absolute Gasteiger partial charge is 0.243 e. The Labute approximate surface area is 146 Å². The number of anilines is 1. The van der Waals surface area contributed by atoms with E-state index in [1.165, 1.54) is 27.8 Å². The van der Waals surface area contributed by atoms with Crippen LogP contribution in [0.2, 0.25) is 0 Å². The van der Waals surface area contributed by atoms with Gasteiger partial charge in [-0.1, -0.05) is 18.2 Å². The number of carbonyl (C=O) groups excluding carboxylic acids is 1. The van der Waals surface area contributed by atoms with Crippen molar-refractivity contribution in [3.63, 3.8) is 0 Å². The molecule has 1 heterocycles. The van der Waals surface area contributed by atoms with Crippen molar-refractivity contribution in [1.82, 2.24) is 9.29 Å². The third kappa shape index (κ3) is 4.19. The Kier molecular flexibility index (Phi) is 5.74. The molecule has 6 nitrogen and oxygen atoms in total. The van der Waals surface area contributed by atoms with Crippen LogP contribution in [0.4, 0.5) is 5.13 Å². The molecule has 1 aromatic carbocycles. The van der Waals surface area contributed by atoms with E-state index in [2.05, 4.69) is 10.3 Å². The van der Waals surface area contributed by atoms with Crippen LogP contribution in [0.25, 0.3) is 0 Å². The minimum atomic E-state index is -3.74. The fraction of sp³-hybridized carbons (Fsp3) is 0.375. The van der Waals surface area contributed by atoms with Gasteiger partial charge in [0.05, 0.1) is 17.1 Å². The van der Waals surface area contributed by atoms with Crippen molar-refractivity contribution in [3.8, 4) is 0 Å². The van der Waals surface area contributed by atoms with E-state index in [1.54, 1.807) is 32.0 Å². The van der Waals surface area contributed by atoms with Gasteiger partial charge >= 0.3 is 0 Å². The number of amides is 1. The molecule has 0 fully saturated rings. The van der Waals surface area contributed by atoms with Gasteiger partial charge in [-0.3, -0.25) is 4.79 Å². The van der Waals surface area contributed by atoms with Gasteiger partial charge < -0.3 is 5.32 Å². The Hall–Kier alpha value is -1.77. The number of sulfonamides is 1. The lowest BCUT2D eigenvalue weighted by atomic mass is 10.4. The number of hydrogen-bond donors (Lipinski definition) is 1. The zero-order valence-electron chi connectivity index (χ0n) is 14.1. The lowest BCUT2D eigenvalue weighted by Crippen LogP contribution is -2.42. The molecule has 8 heteroatoms. The van der Waals surface area contributed by atoms with Crippen molar-refractivity contribution in [3.05, 3.63) is 40.9 Å². The number of benzene rings is 1. The Morgan fingerprint density at radius 3 is 2.38 bits per heavy atom. The van der Waals surface area contributed by atoms with Crippen LogP contribution in [0, 0.1) is 13.8 Å². The fourth-order valence-corrected chi connectivity index (χ4v) is 4.54. The van der Waals surface area contributed by atoms with Crippen molar-refractivity contribution >= 4 is 32.4 Å². The van der Waals surface area contributed by atoms with Crippen molar-refractivity contribution in [2.75, 3.05) is 11.9 Å². The quantitative estimate of drug-likeness (QED) is 0.851. The number of rotatable bonds is 6. The Morgan fingerprint density at radius 1 is 1.25 bits per heavy atom. The molecule has 0 saturated carbocycles. The zero-order valence-corrected chi connectivity index (χ0v) is 15.7. The summed E-state index contributed by atoms with van der Waals surface area (Å²) < 4.78 is 26.7. The molecule has 0 aliphatic rings. The average molecular weight is 367 g/mol. The van der Waals surface area contributed by atoms with Crippen LogP contribution in [0.5, 0.6) is 0 Å². The topological polar surface area (TPSA) is 79.4 Å². The van der Waals surface area contributed by atoms with Crippen LogP contribution in [0.15, 0.2) is 35.2 Å². The van der Waals surface area contributed by atoms with E-state index < -0.39 is 15.9 Å². The normalized spacial score (nSPS) is 11.9. The van der Waals surface area contributed by atoms with Crippen LogP contribution in [-0.4, -0.2) is 36.2 Å². The number of nitrogens with one attached hydrogen (secondary N) is 1. The van der Waals surface area contributed by atoms with E-state index >= 15 is 0 Å². The minimum absolute atomic E-state index is 0.174. The highest BCUT2D eigenvalue weighted by molar-refractivity contribution is 7.89. The van der Waals surface area contributed by atoms with Crippen LogP contribution < -0.4 is 5.32 Å². The third-order valence-corrected chi connectivity index (χ3v) is 6.52. The Bertz CT molecular complexity index is 795. The molecule has 24 heavy (non-hydrogen) atoms. The maximum Gasteiger partial charge on any atom is 0.243 e. The first kappa shape index (κ1) is 18.6. The van der Waals surface area contributed by atoms with Gasteiger partial charge in [0.25, 0.3) is 0 Å². The molecule has 130 valence electrons. The fourth-order valence-electron chi connectivity index (χ4n) is 2.10. The second-order valence-electron chi connectivity index (χ2n) is 5.67. The first-order chi connectivity index (χ1) is 11.2. The number of hydrogen-bond acceptors (Lipinski definition) is 5. The molecule has 0 spiro atoms. The predicted molar refractivity (Wildman–Crippen MR) is 95.7 cm³/mol. The summed E-state index contributed by atoms with van der Waals surface area (Å²) in [5.41, 5.74) is 0.855. The molecule has 2 aromatic rings. The molecular formula is C16H21N3O3S2. The molecule has 1 amide bonds. The maximum absolute atomic E-state index is 12.8. The summed E-state index contributed by atoms with van der Waals surface area (Å²) in [7, 11) is -3.74. The summed E-state index contributed by atoms with van der Waals surface area (Å²) in [6, 6.07) is 7.77. The summed E-state index contributed by atoms with van der Waals surface area (Å²) in [6.45, 7) is 7.01. The molecule has 0 atom stereocenters. The van der Waals surface area contributed by atoms with Crippen molar-refractivity contribution < 1.29 is 13.2 Å². The summed E-state index contributed by atoms with van der Waals surface area (Å²) in [5.74, 6) is -0.406. The Morgan fingerprint density at radius 2 is 1.88 bits per heavy atom. The molecule has 0 unspecified atom stereocenters. The number of carbonyl (C=O) groups is 1. The van der Waals surface area contributed by atoms with Crippen molar-refractivity contribution in [2.24, 2.45) is 0 Å². The standard InChI is InChI=1S/C16H21N3O3S2/c1-11(2)19(24(21,22)14-8-6-5-7-9-14)10-15(20)18-16-17-12(3)13(4)23-16/h5-9,11H,10H2,1-4H3,(H,17,18,20). The highest BCUT2D eigenvalue weighted by Crippen LogP contribution is 2.22. The summed E-state index contributed by atoms with van der Waals surface area (Å²) >= 11 is 1.37. The zero-order chi connectivity index (χ0) is 17.9. The number of nitrogens with zero attached hydrogens (tertiary/aromatic N) is 2. The van der Waals surface area contributed by atoms with Gasteiger partial charge in [0.1, 0.15) is 0 Å². The highest BCUT2D eigenvalue weighted by atomic mass is 32.2. The molecule has 0 aliphatic carbocycles. The first-order valence-corrected chi connectivity index (χ1v) is 9.78. The molecule has 2 rings (SSSR count). The van der Waals surface area contributed by atoms with E-state index in [0.717, 1.165) is 10.6 Å². The van der Waals surface area contributed by atoms with Gasteiger partial charge in [0.15, 0.2) is 5.13 Å². The molecule has 1 aromatic heterocycles.